The predicted molar refractivity (Wildman–Crippen MR) is 83.6 cm³/mol. The summed E-state index contributed by atoms with van der Waals surface area (Å²) in [6.07, 6.45) is 0.254. The molecular weight excluding hydrogens is 315 g/mol. The molecule has 21 heavy (non-hydrogen) atoms. The van der Waals surface area contributed by atoms with Gasteiger partial charge in [0.25, 0.3) is 0 Å². The highest BCUT2D eigenvalue weighted by Gasteiger charge is 2.17. The van der Waals surface area contributed by atoms with E-state index in [0.29, 0.717) is 41.1 Å². The molecule has 1 aliphatic heterocycles. The number of benzene rings is 1. The number of carbonyl (C=O) groups is 2. The van der Waals surface area contributed by atoms with Gasteiger partial charge in [0, 0.05) is 31.7 Å². The third kappa shape index (κ3) is 4.49. The molecule has 0 aliphatic carbocycles. The molecule has 6 nitrogen and oxygen atoms in total. The SMILES string of the molecule is Nc1cc(Cl)c(NC(=O)CCN2CCNC(=O)C2)c(Cl)c1. The molecule has 114 valence electrons. The van der Waals surface area contributed by atoms with Gasteiger partial charge in [0.2, 0.25) is 11.8 Å². The molecule has 1 fully saturated rings. The zero-order valence-corrected chi connectivity index (χ0v) is 12.8. The van der Waals surface area contributed by atoms with Crippen LogP contribution in [-0.4, -0.2) is 42.9 Å². The minimum Gasteiger partial charge on any atom is -0.399 e. The van der Waals surface area contributed by atoms with Crippen molar-refractivity contribution in [3.05, 3.63) is 22.2 Å². The first kappa shape index (κ1) is 15.9. The van der Waals surface area contributed by atoms with Gasteiger partial charge in [-0.05, 0) is 12.1 Å². The van der Waals surface area contributed by atoms with Crippen LogP contribution in [-0.2, 0) is 9.59 Å². The standard InChI is InChI=1S/C13H16Cl2N4O2/c14-9-5-8(16)6-10(15)13(9)18-11(20)1-3-19-4-2-17-12(21)7-19/h5-6H,1-4,7,16H2,(H,17,21)(H,18,20). The van der Waals surface area contributed by atoms with E-state index < -0.39 is 0 Å². The maximum atomic E-state index is 11.9. The molecule has 0 atom stereocenters. The van der Waals surface area contributed by atoms with Gasteiger partial charge in [0.05, 0.1) is 22.3 Å². The summed E-state index contributed by atoms with van der Waals surface area (Å²) < 4.78 is 0. The molecule has 0 unspecified atom stereocenters. The number of anilines is 2. The Morgan fingerprint density at radius 1 is 1.38 bits per heavy atom. The lowest BCUT2D eigenvalue weighted by atomic mass is 10.2. The van der Waals surface area contributed by atoms with Gasteiger partial charge in [-0.25, -0.2) is 0 Å². The van der Waals surface area contributed by atoms with Crippen LogP contribution in [0.1, 0.15) is 6.42 Å². The lowest BCUT2D eigenvalue weighted by Gasteiger charge is -2.26. The maximum Gasteiger partial charge on any atom is 0.234 e. The summed E-state index contributed by atoms with van der Waals surface area (Å²) in [7, 11) is 0. The third-order valence-corrected chi connectivity index (χ3v) is 3.70. The Bertz CT molecular complexity index is 542. The van der Waals surface area contributed by atoms with E-state index in [0.717, 1.165) is 6.54 Å². The molecule has 1 aliphatic rings. The first-order valence-electron chi connectivity index (χ1n) is 6.49. The van der Waals surface area contributed by atoms with Crippen molar-refractivity contribution >= 4 is 46.4 Å². The van der Waals surface area contributed by atoms with Crippen molar-refractivity contribution in [3.8, 4) is 0 Å². The van der Waals surface area contributed by atoms with Gasteiger partial charge in [-0.2, -0.15) is 0 Å². The quantitative estimate of drug-likeness (QED) is 0.727. The molecule has 2 amide bonds. The van der Waals surface area contributed by atoms with Gasteiger partial charge in [0.1, 0.15) is 0 Å². The Morgan fingerprint density at radius 3 is 2.67 bits per heavy atom. The first-order valence-corrected chi connectivity index (χ1v) is 7.24. The number of hydrogen-bond donors (Lipinski definition) is 3. The number of nitrogens with zero attached hydrogens (tertiary/aromatic N) is 1. The van der Waals surface area contributed by atoms with E-state index >= 15 is 0 Å². The molecule has 0 bridgehead atoms. The van der Waals surface area contributed by atoms with Gasteiger partial charge in [-0.3, -0.25) is 14.5 Å². The molecule has 0 saturated carbocycles. The molecule has 1 saturated heterocycles. The number of rotatable bonds is 4. The number of nitrogen functional groups attached to an aromatic ring is 1. The number of halogens is 2. The van der Waals surface area contributed by atoms with Crippen molar-refractivity contribution in [2.24, 2.45) is 0 Å². The van der Waals surface area contributed by atoms with Crippen LogP contribution in [0.4, 0.5) is 11.4 Å². The molecule has 8 heteroatoms. The molecule has 0 aromatic heterocycles. The van der Waals surface area contributed by atoms with E-state index in [1.54, 1.807) is 0 Å². The number of carbonyl (C=O) groups excluding carboxylic acids is 2. The summed E-state index contributed by atoms with van der Waals surface area (Å²) in [5.74, 6) is -0.235. The van der Waals surface area contributed by atoms with E-state index in [-0.39, 0.29) is 18.2 Å². The van der Waals surface area contributed by atoms with Crippen molar-refractivity contribution in [2.45, 2.75) is 6.42 Å². The smallest absolute Gasteiger partial charge is 0.234 e. The van der Waals surface area contributed by atoms with Crippen LogP contribution < -0.4 is 16.4 Å². The summed E-state index contributed by atoms with van der Waals surface area (Å²) in [5, 5.41) is 6.00. The van der Waals surface area contributed by atoms with Crippen LogP contribution in [0.25, 0.3) is 0 Å². The van der Waals surface area contributed by atoms with Gasteiger partial charge in [-0.15, -0.1) is 0 Å². The number of amides is 2. The van der Waals surface area contributed by atoms with Crippen LogP contribution in [0.3, 0.4) is 0 Å². The van der Waals surface area contributed by atoms with Crippen LogP contribution in [0.5, 0.6) is 0 Å². The number of nitrogens with two attached hydrogens (primary N) is 1. The topological polar surface area (TPSA) is 87.5 Å². The van der Waals surface area contributed by atoms with Crippen LogP contribution in [0.15, 0.2) is 12.1 Å². The highest BCUT2D eigenvalue weighted by atomic mass is 35.5. The van der Waals surface area contributed by atoms with Crippen LogP contribution >= 0.6 is 23.2 Å². The lowest BCUT2D eigenvalue weighted by Crippen LogP contribution is -2.48. The van der Waals surface area contributed by atoms with Gasteiger partial charge in [-0.1, -0.05) is 23.2 Å². The van der Waals surface area contributed by atoms with Crippen molar-refractivity contribution in [2.75, 3.05) is 37.2 Å². The normalized spacial score (nSPS) is 15.6. The van der Waals surface area contributed by atoms with Crippen LogP contribution in [0.2, 0.25) is 10.0 Å². The largest absolute Gasteiger partial charge is 0.399 e. The molecule has 1 aromatic rings. The van der Waals surface area contributed by atoms with E-state index in [4.69, 9.17) is 28.9 Å². The molecule has 0 radical (unpaired) electrons. The second-order valence-electron chi connectivity index (χ2n) is 4.78. The van der Waals surface area contributed by atoms with E-state index in [1.807, 2.05) is 4.90 Å². The second kappa shape index (κ2) is 6.98. The molecular formula is C13H16Cl2N4O2. The Labute approximate surface area is 132 Å². The van der Waals surface area contributed by atoms with Crippen molar-refractivity contribution in [1.29, 1.82) is 0 Å². The summed E-state index contributed by atoms with van der Waals surface area (Å²) in [4.78, 5) is 25.1. The summed E-state index contributed by atoms with van der Waals surface area (Å²) in [5.41, 5.74) is 6.39. The summed E-state index contributed by atoms with van der Waals surface area (Å²) >= 11 is 12.0. The first-order chi connectivity index (χ1) is 9.95. The molecule has 1 heterocycles. The Kier molecular flexibility index (Phi) is 5.27. The van der Waals surface area contributed by atoms with Crippen molar-refractivity contribution < 1.29 is 9.59 Å². The zero-order chi connectivity index (χ0) is 15.4. The molecule has 2 rings (SSSR count). The molecule has 0 spiro atoms. The Morgan fingerprint density at radius 2 is 2.05 bits per heavy atom. The average molecular weight is 331 g/mol. The van der Waals surface area contributed by atoms with Gasteiger partial charge < -0.3 is 16.4 Å². The van der Waals surface area contributed by atoms with Gasteiger partial charge >= 0.3 is 0 Å². The fourth-order valence-electron chi connectivity index (χ4n) is 2.06. The maximum absolute atomic E-state index is 11.9. The Balaban J connectivity index is 1.89. The fourth-order valence-corrected chi connectivity index (χ4v) is 2.65. The minimum absolute atomic E-state index is 0.0220. The summed E-state index contributed by atoms with van der Waals surface area (Å²) in [6.45, 7) is 2.17. The lowest BCUT2D eigenvalue weighted by molar-refractivity contribution is -0.125. The number of hydrogen-bond acceptors (Lipinski definition) is 4. The minimum atomic E-state index is -0.213. The summed E-state index contributed by atoms with van der Waals surface area (Å²) in [6, 6.07) is 3.05. The number of nitrogens with one attached hydrogen (secondary N) is 2. The Hall–Kier alpha value is -1.50. The monoisotopic (exact) mass is 330 g/mol. The third-order valence-electron chi connectivity index (χ3n) is 3.10. The van der Waals surface area contributed by atoms with E-state index in [2.05, 4.69) is 10.6 Å². The predicted octanol–water partition coefficient (Wildman–Crippen LogP) is 1.34. The fraction of sp³-hybridized carbons (Fsp3) is 0.385. The number of piperazine rings is 1. The highest BCUT2D eigenvalue weighted by molar-refractivity contribution is 6.40. The zero-order valence-electron chi connectivity index (χ0n) is 11.3. The van der Waals surface area contributed by atoms with Crippen LogP contribution in [0, 0.1) is 0 Å². The highest BCUT2D eigenvalue weighted by Crippen LogP contribution is 2.32. The van der Waals surface area contributed by atoms with E-state index in [9.17, 15) is 9.59 Å². The molecule has 4 N–H and O–H groups in total. The van der Waals surface area contributed by atoms with Crippen molar-refractivity contribution in [3.63, 3.8) is 0 Å². The van der Waals surface area contributed by atoms with E-state index in [1.165, 1.54) is 12.1 Å². The second-order valence-corrected chi connectivity index (χ2v) is 5.60. The molecule has 1 aromatic carbocycles. The van der Waals surface area contributed by atoms with Gasteiger partial charge in [0.15, 0.2) is 0 Å². The van der Waals surface area contributed by atoms with Crippen molar-refractivity contribution in [1.82, 2.24) is 10.2 Å². The average Bonchev–Trinajstić information content (AvgIpc) is 2.40.